The first-order chi connectivity index (χ1) is 13.7. The Labute approximate surface area is 188 Å². The van der Waals surface area contributed by atoms with Crippen LogP contribution in [0.4, 0.5) is 5.95 Å². The van der Waals surface area contributed by atoms with Crippen molar-refractivity contribution in [2.45, 2.75) is 6.92 Å². The number of aromatic amines is 1. The number of nitrogens with one attached hydrogen (secondary N) is 2. The molecule has 0 unspecified atom stereocenters. The molecule has 4 aromatic rings. The van der Waals surface area contributed by atoms with E-state index in [1.165, 1.54) is 0 Å². The Morgan fingerprint density at radius 1 is 1.21 bits per heavy atom. The van der Waals surface area contributed by atoms with Crippen LogP contribution in [-0.2, 0) is 0 Å². The van der Waals surface area contributed by atoms with Crippen molar-refractivity contribution in [1.29, 1.82) is 0 Å². The second-order valence-electron chi connectivity index (χ2n) is 5.87. The summed E-state index contributed by atoms with van der Waals surface area (Å²) >= 11 is 0. The van der Waals surface area contributed by atoms with Crippen molar-refractivity contribution in [3.05, 3.63) is 54.2 Å². The van der Waals surface area contributed by atoms with Crippen LogP contribution >= 0.6 is 0 Å². The molecule has 2 aromatic carbocycles. The molecule has 0 aliphatic heterocycles. The molecule has 0 aliphatic carbocycles. The standard InChI is InChI=1S/C19H18N6O3.Na.H/c1-3-28-17-14-11-13(27-2)9-10-15(14)25(12-7-5-4-6-8-12)16(17)18(26)20-19-21-23-24-22-19;;/h4-11H,3H2,1-2H3,(H2,20,21,22,23,24,26);;. The topological polar surface area (TPSA) is 107 Å². The van der Waals surface area contributed by atoms with Crippen molar-refractivity contribution in [2.24, 2.45) is 0 Å². The SMILES string of the molecule is CCOc1c(C(=O)Nc2nnn[nH]2)n(-c2ccccc2)c2ccc(OC)cc12.[NaH]. The van der Waals surface area contributed by atoms with Gasteiger partial charge in [0.2, 0.25) is 5.95 Å². The Morgan fingerprint density at radius 3 is 2.66 bits per heavy atom. The molecule has 0 saturated carbocycles. The summed E-state index contributed by atoms with van der Waals surface area (Å²) in [5, 5.41) is 16.7. The van der Waals surface area contributed by atoms with Crippen LogP contribution in [0.1, 0.15) is 17.4 Å². The zero-order valence-corrected chi connectivity index (χ0v) is 15.3. The number of carbonyl (C=O) groups is 1. The Hall–Kier alpha value is -2.88. The minimum absolute atomic E-state index is 0. The zero-order valence-electron chi connectivity index (χ0n) is 15.3. The molecule has 144 valence electrons. The third-order valence-corrected chi connectivity index (χ3v) is 4.22. The van der Waals surface area contributed by atoms with Gasteiger partial charge in [-0.3, -0.25) is 10.1 Å². The van der Waals surface area contributed by atoms with Gasteiger partial charge in [0.05, 0.1) is 19.2 Å². The molecule has 4 rings (SSSR count). The van der Waals surface area contributed by atoms with Gasteiger partial charge in [0.25, 0.3) is 5.91 Å². The fourth-order valence-corrected chi connectivity index (χ4v) is 3.09. The van der Waals surface area contributed by atoms with Gasteiger partial charge in [-0.15, -0.1) is 0 Å². The number of amides is 1. The number of aromatic nitrogens is 5. The van der Waals surface area contributed by atoms with Crippen LogP contribution < -0.4 is 14.8 Å². The fourth-order valence-electron chi connectivity index (χ4n) is 3.09. The Balaban J connectivity index is 0.00000240. The number of ether oxygens (including phenoxy) is 2. The van der Waals surface area contributed by atoms with E-state index >= 15 is 0 Å². The third-order valence-electron chi connectivity index (χ3n) is 4.22. The van der Waals surface area contributed by atoms with Crippen molar-refractivity contribution >= 4 is 52.3 Å². The van der Waals surface area contributed by atoms with E-state index in [0.717, 1.165) is 16.6 Å². The quantitative estimate of drug-likeness (QED) is 0.479. The predicted molar refractivity (Wildman–Crippen MR) is 110 cm³/mol. The van der Waals surface area contributed by atoms with Gasteiger partial charge < -0.3 is 14.0 Å². The van der Waals surface area contributed by atoms with Crippen LogP contribution in [0.25, 0.3) is 16.6 Å². The Kier molecular flexibility index (Phi) is 6.53. The minimum atomic E-state index is -0.402. The molecule has 29 heavy (non-hydrogen) atoms. The maximum atomic E-state index is 13.2. The first-order valence-corrected chi connectivity index (χ1v) is 8.68. The van der Waals surface area contributed by atoms with Crippen molar-refractivity contribution in [1.82, 2.24) is 25.2 Å². The molecule has 2 heterocycles. The van der Waals surface area contributed by atoms with E-state index in [2.05, 4.69) is 25.9 Å². The zero-order chi connectivity index (χ0) is 19.5. The van der Waals surface area contributed by atoms with Crippen molar-refractivity contribution < 1.29 is 14.3 Å². The van der Waals surface area contributed by atoms with Gasteiger partial charge in [-0.05, 0) is 47.7 Å². The van der Waals surface area contributed by atoms with E-state index < -0.39 is 5.91 Å². The molecule has 2 N–H and O–H groups in total. The summed E-state index contributed by atoms with van der Waals surface area (Å²) < 4.78 is 13.1. The van der Waals surface area contributed by atoms with Crippen LogP contribution in [0, 0.1) is 0 Å². The summed E-state index contributed by atoms with van der Waals surface area (Å²) in [7, 11) is 1.60. The van der Waals surface area contributed by atoms with Gasteiger partial charge in [-0.2, -0.15) is 0 Å². The molecule has 0 radical (unpaired) electrons. The van der Waals surface area contributed by atoms with Crippen LogP contribution in [0.3, 0.4) is 0 Å². The number of carbonyl (C=O) groups excluding carboxylic acids is 1. The average Bonchev–Trinajstić information content (AvgIpc) is 3.34. The number of hydrogen-bond acceptors (Lipinski definition) is 6. The van der Waals surface area contributed by atoms with E-state index in [0.29, 0.717) is 23.8 Å². The summed E-state index contributed by atoms with van der Waals surface area (Å²) in [6.07, 6.45) is 0. The van der Waals surface area contributed by atoms with Gasteiger partial charge >= 0.3 is 29.6 Å². The van der Waals surface area contributed by atoms with E-state index in [-0.39, 0.29) is 35.5 Å². The molecule has 0 saturated heterocycles. The van der Waals surface area contributed by atoms with Crippen molar-refractivity contribution in [2.75, 3.05) is 19.0 Å². The molecule has 10 heteroatoms. The van der Waals surface area contributed by atoms with E-state index in [1.807, 2.05) is 60.0 Å². The number of rotatable bonds is 6. The number of methoxy groups -OCH3 is 1. The number of nitrogens with zero attached hydrogens (tertiary/aromatic N) is 4. The Morgan fingerprint density at radius 2 is 2.00 bits per heavy atom. The molecule has 0 fully saturated rings. The summed E-state index contributed by atoms with van der Waals surface area (Å²) in [6, 6.07) is 15.2. The normalized spacial score (nSPS) is 10.4. The molecule has 0 bridgehead atoms. The van der Waals surface area contributed by atoms with Crippen LogP contribution in [0.15, 0.2) is 48.5 Å². The summed E-state index contributed by atoms with van der Waals surface area (Å²) in [5.41, 5.74) is 1.98. The van der Waals surface area contributed by atoms with E-state index in [1.54, 1.807) is 7.11 Å². The van der Waals surface area contributed by atoms with Gasteiger partial charge in [0, 0.05) is 11.1 Å². The number of benzene rings is 2. The van der Waals surface area contributed by atoms with Crippen LogP contribution in [0.2, 0.25) is 0 Å². The van der Waals surface area contributed by atoms with Crippen LogP contribution in [-0.4, -0.2) is 74.4 Å². The van der Waals surface area contributed by atoms with E-state index in [9.17, 15) is 4.79 Å². The number of hydrogen-bond donors (Lipinski definition) is 2. The van der Waals surface area contributed by atoms with Gasteiger partial charge in [0.15, 0.2) is 11.4 Å². The van der Waals surface area contributed by atoms with Crippen molar-refractivity contribution in [3.63, 3.8) is 0 Å². The maximum absolute atomic E-state index is 13.2. The summed E-state index contributed by atoms with van der Waals surface area (Å²) in [5.74, 6) is 0.881. The number of anilines is 1. The third kappa shape index (κ3) is 3.98. The second kappa shape index (κ2) is 9.08. The molecule has 2 aromatic heterocycles. The Bertz CT molecular complexity index is 1110. The number of H-pyrrole nitrogens is 1. The second-order valence-corrected chi connectivity index (χ2v) is 5.87. The van der Waals surface area contributed by atoms with E-state index in [4.69, 9.17) is 9.47 Å². The number of tetrazole rings is 1. The fraction of sp³-hybridized carbons (Fsp3) is 0.158. The van der Waals surface area contributed by atoms with Gasteiger partial charge in [-0.25, -0.2) is 5.10 Å². The predicted octanol–water partition coefficient (Wildman–Crippen LogP) is 2.15. The number of fused-ring (bicyclic) bond motifs is 1. The molecular weight excluding hydrogens is 383 g/mol. The number of para-hydroxylation sites is 1. The van der Waals surface area contributed by atoms with Gasteiger partial charge in [-0.1, -0.05) is 23.3 Å². The average molecular weight is 402 g/mol. The monoisotopic (exact) mass is 402 g/mol. The summed E-state index contributed by atoms with van der Waals surface area (Å²) in [4.78, 5) is 13.2. The first kappa shape index (κ1) is 20.8. The molecule has 9 nitrogen and oxygen atoms in total. The molecule has 0 aliphatic rings. The van der Waals surface area contributed by atoms with Gasteiger partial charge in [0.1, 0.15) is 5.75 Å². The summed E-state index contributed by atoms with van der Waals surface area (Å²) in [6.45, 7) is 2.27. The first-order valence-electron chi connectivity index (χ1n) is 8.68. The molecule has 1 amide bonds. The molecule has 0 spiro atoms. The van der Waals surface area contributed by atoms with Crippen molar-refractivity contribution in [3.8, 4) is 17.2 Å². The molecular formula is C19H19N6NaO3. The molecule has 0 atom stereocenters. The van der Waals surface area contributed by atoms with Crippen LogP contribution in [0.5, 0.6) is 11.5 Å².